The van der Waals surface area contributed by atoms with Crippen LogP contribution in [-0.4, -0.2) is 36.2 Å². The van der Waals surface area contributed by atoms with Gasteiger partial charge >= 0.3 is 0 Å². The zero-order valence-corrected chi connectivity index (χ0v) is 12.4. The van der Waals surface area contributed by atoms with Crippen LogP contribution in [-0.2, 0) is 6.42 Å². The molecular weight excluding hydrogens is 238 g/mol. The summed E-state index contributed by atoms with van der Waals surface area (Å²) < 4.78 is 5.25. The van der Waals surface area contributed by atoms with Crippen molar-refractivity contribution in [2.45, 2.75) is 51.3 Å². The van der Waals surface area contributed by atoms with Crippen LogP contribution >= 0.6 is 0 Å². The maximum absolute atomic E-state index is 10.6. The van der Waals surface area contributed by atoms with Crippen molar-refractivity contribution in [3.8, 4) is 5.75 Å². The summed E-state index contributed by atoms with van der Waals surface area (Å²) in [5, 5.41) is 10.6. The number of fused-ring (bicyclic) bond motifs is 1. The number of rotatable bonds is 4. The van der Waals surface area contributed by atoms with Gasteiger partial charge in [0.1, 0.15) is 5.75 Å². The molecule has 0 spiro atoms. The number of benzene rings is 1. The standard InChI is InChI=1S/C16H25NO2/c1-5-11(2)17(3)15-9-6-12-10-13(19-4)7-8-14(12)16(15)18/h7-8,10-11,15-16,18H,5-6,9H2,1-4H3. The summed E-state index contributed by atoms with van der Waals surface area (Å²) in [6, 6.07) is 6.72. The number of ether oxygens (including phenoxy) is 1. The van der Waals surface area contributed by atoms with Crippen molar-refractivity contribution in [3.63, 3.8) is 0 Å². The third kappa shape index (κ3) is 2.77. The number of aryl methyl sites for hydroxylation is 1. The first-order valence-electron chi connectivity index (χ1n) is 7.15. The van der Waals surface area contributed by atoms with Crippen molar-refractivity contribution in [2.24, 2.45) is 0 Å². The van der Waals surface area contributed by atoms with E-state index in [9.17, 15) is 5.11 Å². The Morgan fingerprint density at radius 3 is 2.84 bits per heavy atom. The first-order valence-corrected chi connectivity index (χ1v) is 7.15. The van der Waals surface area contributed by atoms with Crippen LogP contribution in [0.15, 0.2) is 18.2 Å². The summed E-state index contributed by atoms with van der Waals surface area (Å²) in [4.78, 5) is 2.32. The van der Waals surface area contributed by atoms with Gasteiger partial charge in [-0.3, -0.25) is 4.90 Å². The maximum atomic E-state index is 10.6. The number of aliphatic hydroxyl groups is 1. The third-order valence-corrected chi connectivity index (χ3v) is 4.55. The molecule has 3 heteroatoms. The van der Waals surface area contributed by atoms with E-state index in [1.807, 2.05) is 12.1 Å². The second-order valence-electron chi connectivity index (χ2n) is 5.54. The van der Waals surface area contributed by atoms with Crippen LogP contribution in [0.3, 0.4) is 0 Å². The molecule has 0 saturated carbocycles. The van der Waals surface area contributed by atoms with Gasteiger partial charge in [0.05, 0.1) is 13.2 Å². The highest BCUT2D eigenvalue weighted by Gasteiger charge is 2.32. The van der Waals surface area contributed by atoms with E-state index in [4.69, 9.17) is 4.74 Å². The van der Waals surface area contributed by atoms with Gasteiger partial charge in [0.15, 0.2) is 0 Å². The fraction of sp³-hybridized carbons (Fsp3) is 0.625. The summed E-state index contributed by atoms with van der Waals surface area (Å²) >= 11 is 0. The SMILES string of the molecule is CCC(C)N(C)C1CCc2cc(OC)ccc2C1O. The van der Waals surface area contributed by atoms with E-state index in [0.717, 1.165) is 30.6 Å². The lowest BCUT2D eigenvalue weighted by Crippen LogP contribution is -2.44. The highest BCUT2D eigenvalue weighted by atomic mass is 16.5. The zero-order valence-electron chi connectivity index (χ0n) is 12.4. The van der Waals surface area contributed by atoms with Gasteiger partial charge in [-0.25, -0.2) is 0 Å². The predicted octanol–water partition coefficient (Wildman–Crippen LogP) is 2.77. The molecule has 1 aromatic rings. The van der Waals surface area contributed by atoms with E-state index in [1.54, 1.807) is 7.11 Å². The molecule has 106 valence electrons. The third-order valence-electron chi connectivity index (χ3n) is 4.55. The van der Waals surface area contributed by atoms with Gasteiger partial charge in [-0.2, -0.15) is 0 Å². The number of aliphatic hydroxyl groups excluding tert-OH is 1. The summed E-state index contributed by atoms with van der Waals surface area (Å²) in [6.07, 6.45) is 2.72. The molecule has 0 radical (unpaired) electrons. The van der Waals surface area contributed by atoms with Crippen molar-refractivity contribution in [2.75, 3.05) is 14.2 Å². The molecule has 0 heterocycles. The molecule has 0 bridgehead atoms. The Labute approximate surface area is 116 Å². The van der Waals surface area contributed by atoms with Crippen molar-refractivity contribution >= 4 is 0 Å². The predicted molar refractivity (Wildman–Crippen MR) is 77.6 cm³/mol. The van der Waals surface area contributed by atoms with Crippen molar-refractivity contribution in [3.05, 3.63) is 29.3 Å². The van der Waals surface area contributed by atoms with Crippen LogP contribution in [0.2, 0.25) is 0 Å². The first-order chi connectivity index (χ1) is 9.08. The summed E-state index contributed by atoms with van der Waals surface area (Å²) in [5.41, 5.74) is 2.29. The zero-order chi connectivity index (χ0) is 14.0. The van der Waals surface area contributed by atoms with Gasteiger partial charge in [0.25, 0.3) is 0 Å². The Balaban J connectivity index is 2.22. The smallest absolute Gasteiger partial charge is 0.119 e. The number of hydrogen-bond donors (Lipinski definition) is 1. The Kier molecular flexibility index (Phi) is 4.48. The molecule has 3 atom stereocenters. The quantitative estimate of drug-likeness (QED) is 0.906. The molecule has 1 aromatic carbocycles. The fourth-order valence-corrected chi connectivity index (χ4v) is 2.92. The normalized spacial score (nSPS) is 24.1. The minimum absolute atomic E-state index is 0.218. The summed E-state index contributed by atoms with van der Waals surface area (Å²) in [6.45, 7) is 4.41. The monoisotopic (exact) mass is 263 g/mol. The van der Waals surface area contributed by atoms with E-state index in [2.05, 4.69) is 31.9 Å². The molecule has 1 aliphatic carbocycles. The lowest BCUT2D eigenvalue weighted by molar-refractivity contribution is 0.0307. The largest absolute Gasteiger partial charge is 0.497 e. The number of methoxy groups -OCH3 is 1. The second kappa shape index (κ2) is 5.93. The Hall–Kier alpha value is -1.06. The summed E-state index contributed by atoms with van der Waals surface area (Å²) in [5.74, 6) is 0.875. The average molecular weight is 263 g/mol. The molecule has 0 amide bonds. The van der Waals surface area contributed by atoms with Gasteiger partial charge in [-0.05, 0) is 56.5 Å². The molecule has 1 aliphatic rings. The fourth-order valence-electron chi connectivity index (χ4n) is 2.92. The van der Waals surface area contributed by atoms with Crippen LogP contribution in [0.4, 0.5) is 0 Å². The van der Waals surface area contributed by atoms with Gasteiger partial charge < -0.3 is 9.84 Å². The van der Waals surface area contributed by atoms with Crippen LogP contribution in [0.5, 0.6) is 5.75 Å². The molecule has 0 fully saturated rings. The van der Waals surface area contributed by atoms with E-state index in [0.29, 0.717) is 6.04 Å². The van der Waals surface area contributed by atoms with Crippen LogP contribution < -0.4 is 4.74 Å². The van der Waals surface area contributed by atoms with E-state index < -0.39 is 6.10 Å². The molecule has 19 heavy (non-hydrogen) atoms. The lowest BCUT2D eigenvalue weighted by atomic mass is 9.84. The van der Waals surface area contributed by atoms with Crippen molar-refractivity contribution in [1.82, 2.24) is 4.90 Å². The maximum Gasteiger partial charge on any atom is 0.119 e. The average Bonchev–Trinajstić information content (AvgIpc) is 2.45. The second-order valence-corrected chi connectivity index (χ2v) is 5.54. The molecule has 0 saturated heterocycles. The highest BCUT2D eigenvalue weighted by molar-refractivity contribution is 5.39. The van der Waals surface area contributed by atoms with E-state index in [-0.39, 0.29) is 6.04 Å². The van der Waals surface area contributed by atoms with Gasteiger partial charge in [0, 0.05) is 12.1 Å². The lowest BCUT2D eigenvalue weighted by Gasteiger charge is -2.39. The topological polar surface area (TPSA) is 32.7 Å². The van der Waals surface area contributed by atoms with Crippen molar-refractivity contribution < 1.29 is 9.84 Å². The number of hydrogen-bond acceptors (Lipinski definition) is 3. The molecule has 2 rings (SSSR count). The number of likely N-dealkylation sites (N-methyl/N-ethyl adjacent to an activating group) is 1. The number of nitrogens with zero attached hydrogens (tertiary/aromatic N) is 1. The molecular formula is C16H25NO2. The van der Waals surface area contributed by atoms with Gasteiger partial charge in [-0.15, -0.1) is 0 Å². The minimum Gasteiger partial charge on any atom is -0.497 e. The molecule has 0 aliphatic heterocycles. The Morgan fingerprint density at radius 2 is 2.21 bits per heavy atom. The molecule has 0 aromatic heterocycles. The van der Waals surface area contributed by atoms with Crippen molar-refractivity contribution in [1.29, 1.82) is 0 Å². The first kappa shape index (κ1) is 14.4. The van der Waals surface area contributed by atoms with Crippen LogP contribution in [0.1, 0.15) is 43.9 Å². The van der Waals surface area contributed by atoms with Gasteiger partial charge in [0.2, 0.25) is 0 Å². The molecule has 3 unspecified atom stereocenters. The van der Waals surface area contributed by atoms with Crippen LogP contribution in [0.25, 0.3) is 0 Å². The minimum atomic E-state index is -0.395. The summed E-state index contributed by atoms with van der Waals surface area (Å²) in [7, 11) is 3.80. The van der Waals surface area contributed by atoms with E-state index >= 15 is 0 Å². The van der Waals surface area contributed by atoms with Crippen LogP contribution in [0, 0.1) is 0 Å². The Morgan fingerprint density at radius 1 is 1.47 bits per heavy atom. The van der Waals surface area contributed by atoms with E-state index in [1.165, 1.54) is 5.56 Å². The molecule has 1 N–H and O–H groups in total. The van der Waals surface area contributed by atoms with Gasteiger partial charge in [-0.1, -0.05) is 13.0 Å². The molecule has 3 nitrogen and oxygen atoms in total. The Bertz CT molecular complexity index is 433. The highest BCUT2D eigenvalue weighted by Crippen LogP contribution is 2.35.